The van der Waals surface area contributed by atoms with Crippen LogP contribution in [0.4, 0.5) is 0 Å². The lowest BCUT2D eigenvalue weighted by Gasteiger charge is -2.28. The van der Waals surface area contributed by atoms with Crippen LogP contribution < -0.4 is 0 Å². The van der Waals surface area contributed by atoms with Crippen LogP contribution in [0.3, 0.4) is 0 Å². The third kappa shape index (κ3) is 3.72. The van der Waals surface area contributed by atoms with Gasteiger partial charge in [-0.2, -0.15) is 0 Å². The molecule has 0 radical (unpaired) electrons. The van der Waals surface area contributed by atoms with Crippen LogP contribution in [0.25, 0.3) is 31.6 Å². The van der Waals surface area contributed by atoms with Crippen LogP contribution >= 0.6 is 22.7 Å². The highest BCUT2D eigenvalue weighted by Gasteiger charge is 2.34. The smallest absolute Gasteiger partial charge is 0.337 e. The number of pyridine rings is 1. The second-order valence-electron chi connectivity index (χ2n) is 9.36. The third-order valence-corrected chi connectivity index (χ3v) is 7.90. The topological polar surface area (TPSA) is 72.3 Å². The number of hydrogen-bond acceptors (Lipinski definition) is 6. The van der Waals surface area contributed by atoms with Crippen LogP contribution in [0.15, 0.2) is 23.7 Å². The van der Waals surface area contributed by atoms with Gasteiger partial charge in [0.2, 0.25) is 0 Å². The van der Waals surface area contributed by atoms with Crippen LogP contribution in [0, 0.1) is 6.92 Å². The summed E-state index contributed by atoms with van der Waals surface area (Å²) in [7, 11) is 0. The van der Waals surface area contributed by atoms with Gasteiger partial charge in [-0.05, 0) is 76.6 Å². The van der Waals surface area contributed by atoms with Gasteiger partial charge >= 0.3 is 5.97 Å². The van der Waals surface area contributed by atoms with Crippen molar-refractivity contribution in [3.05, 3.63) is 45.4 Å². The minimum absolute atomic E-state index is 0.616. The summed E-state index contributed by atoms with van der Waals surface area (Å²) >= 11 is 3.36. The van der Waals surface area contributed by atoms with Crippen LogP contribution in [0.5, 0.6) is 0 Å². The molecule has 3 aromatic heterocycles. The first-order valence-electron chi connectivity index (χ1n) is 10.9. The van der Waals surface area contributed by atoms with Crippen LogP contribution in [-0.2, 0) is 22.4 Å². The summed E-state index contributed by atoms with van der Waals surface area (Å²) in [5.41, 5.74) is 6.77. The lowest BCUT2D eigenvalue weighted by Crippen LogP contribution is -2.28. The largest absolute Gasteiger partial charge is 0.479 e. The Morgan fingerprint density at radius 3 is 2.75 bits per heavy atom. The Labute approximate surface area is 195 Å². The third-order valence-electron chi connectivity index (χ3n) is 5.91. The molecule has 7 heteroatoms. The first kappa shape index (κ1) is 21.5. The zero-order valence-electron chi connectivity index (χ0n) is 18.7. The number of aryl methyl sites for hydroxylation is 3. The molecule has 32 heavy (non-hydrogen) atoms. The van der Waals surface area contributed by atoms with Gasteiger partial charge in [-0.15, -0.1) is 22.7 Å². The molecule has 0 bridgehead atoms. The second kappa shape index (κ2) is 7.90. The van der Waals surface area contributed by atoms with Crippen LogP contribution in [0.1, 0.15) is 61.4 Å². The molecule has 1 N–H and O–H groups in total. The highest BCUT2D eigenvalue weighted by atomic mass is 32.1. The molecule has 166 valence electrons. The molecular weight excluding hydrogens is 440 g/mol. The van der Waals surface area contributed by atoms with E-state index in [4.69, 9.17) is 9.72 Å². The zero-order valence-corrected chi connectivity index (χ0v) is 20.3. The molecule has 1 atom stereocenters. The summed E-state index contributed by atoms with van der Waals surface area (Å²) in [6, 6.07) is 6.24. The predicted molar refractivity (Wildman–Crippen MR) is 131 cm³/mol. The van der Waals surface area contributed by atoms with E-state index < -0.39 is 17.7 Å². The number of carboxylic acids is 1. The number of ether oxygens (including phenoxy) is 1. The maximum absolute atomic E-state index is 12.5. The van der Waals surface area contributed by atoms with Crippen molar-refractivity contribution >= 4 is 49.1 Å². The van der Waals surface area contributed by atoms with E-state index in [0.717, 1.165) is 50.8 Å². The van der Waals surface area contributed by atoms with Crippen molar-refractivity contribution in [2.75, 3.05) is 0 Å². The maximum Gasteiger partial charge on any atom is 0.337 e. The quantitative estimate of drug-likeness (QED) is 0.362. The minimum atomic E-state index is -1.10. The fourth-order valence-electron chi connectivity index (χ4n) is 4.64. The SMILES string of the molecule is Cc1nc2sc3c(c2c(-c2ccc4scnc4c2)c1[C@H](OC(C)(C)C)C(=O)O)CCCC3. The number of thiazole rings is 1. The zero-order chi connectivity index (χ0) is 22.6. The van der Waals surface area contributed by atoms with Gasteiger partial charge in [0.15, 0.2) is 6.10 Å². The summed E-state index contributed by atoms with van der Waals surface area (Å²) in [6.07, 6.45) is 3.30. The van der Waals surface area contributed by atoms with Gasteiger partial charge in [-0.25, -0.2) is 14.8 Å². The van der Waals surface area contributed by atoms with Crippen molar-refractivity contribution in [1.29, 1.82) is 0 Å². The Balaban J connectivity index is 1.87. The number of nitrogens with zero attached hydrogens (tertiary/aromatic N) is 2. The fourth-order valence-corrected chi connectivity index (χ4v) is 6.61. The number of aliphatic carboxylic acids is 1. The van der Waals surface area contributed by atoms with E-state index in [1.54, 1.807) is 22.7 Å². The van der Waals surface area contributed by atoms with E-state index in [-0.39, 0.29) is 0 Å². The van der Waals surface area contributed by atoms with Gasteiger partial charge in [-0.1, -0.05) is 6.07 Å². The molecule has 1 aliphatic rings. The van der Waals surface area contributed by atoms with Gasteiger partial charge in [0, 0.05) is 27.1 Å². The van der Waals surface area contributed by atoms with Crippen LogP contribution in [-0.4, -0.2) is 26.6 Å². The predicted octanol–water partition coefficient (Wildman–Crippen LogP) is 6.70. The maximum atomic E-state index is 12.5. The highest BCUT2D eigenvalue weighted by molar-refractivity contribution is 7.19. The molecule has 0 saturated heterocycles. The minimum Gasteiger partial charge on any atom is -0.479 e. The molecule has 5 nitrogen and oxygen atoms in total. The molecule has 0 aliphatic heterocycles. The van der Waals surface area contributed by atoms with E-state index in [0.29, 0.717) is 11.3 Å². The molecule has 1 aliphatic carbocycles. The Kier molecular flexibility index (Phi) is 5.31. The van der Waals surface area contributed by atoms with Crippen molar-refractivity contribution in [2.45, 2.75) is 65.1 Å². The van der Waals surface area contributed by atoms with Gasteiger partial charge in [0.05, 0.1) is 21.3 Å². The number of hydrogen-bond donors (Lipinski definition) is 1. The summed E-state index contributed by atoms with van der Waals surface area (Å²) in [5.74, 6) is -0.996. The number of thiophene rings is 1. The van der Waals surface area contributed by atoms with E-state index in [1.807, 2.05) is 33.2 Å². The molecule has 4 aromatic rings. The summed E-state index contributed by atoms with van der Waals surface area (Å²) in [5, 5.41) is 11.3. The normalized spacial score (nSPS) is 15.2. The average molecular weight is 467 g/mol. The van der Waals surface area contributed by atoms with Gasteiger partial charge in [0.1, 0.15) is 4.83 Å². The fraction of sp³-hybridized carbons (Fsp3) is 0.400. The molecule has 0 unspecified atom stereocenters. The number of fused-ring (bicyclic) bond motifs is 4. The lowest BCUT2D eigenvalue weighted by molar-refractivity contribution is -0.160. The van der Waals surface area contributed by atoms with E-state index in [9.17, 15) is 9.90 Å². The van der Waals surface area contributed by atoms with Crippen molar-refractivity contribution in [1.82, 2.24) is 9.97 Å². The number of benzene rings is 1. The van der Waals surface area contributed by atoms with E-state index >= 15 is 0 Å². The molecule has 1 aromatic carbocycles. The van der Waals surface area contributed by atoms with Crippen molar-refractivity contribution in [3.63, 3.8) is 0 Å². The molecule has 5 rings (SSSR count). The number of aromatic nitrogens is 2. The molecule has 0 saturated carbocycles. The Bertz CT molecular complexity index is 1350. The standard InChI is InChI=1S/C25H26N2O3S2/c1-13-19(22(24(28)29)30-25(2,3)4)20(14-9-10-18-16(11-14)26-12-31-18)21-15-7-5-6-8-17(15)32-23(21)27-13/h9-12,22H,5-8H2,1-4H3,(H,28,29)/t22-/m0/s1. The number of carbonyl (C=O) groups is 1. The molecule has 0 fully saturated rings. The van der Waals surface area contributed by atoms with Crippen molar-refractivity contribution in [2.24, 2.45) is 0 Å². The first-order valence-corrected chi connectivity index (χ1v) is 12.6. The molecule has 0 amide bonds. The summed E-state index contributed by atoms with van der Waals surface area (Å²) < 4.78 is 7.24. The molecular formula is C25H26N2O3S2. The Hall–Kier alpha value is -2.35. The van der Waals surface area contributed by atoms with Gasteiger partial charge in [0.25, 0.3) is 0 Å². The Morgan fingerprint density at radius 1 is 1.22 bits per heavy atom. The van der Waals surface area contributed by atoms with Gasteiger partial charge in [-0.3, -0.25) is 0 Å². The Morgan fingerprint density at radius 2 is 2.00 bits per heavy atom. The number of carboxylic acid groups (broad SMARTS) is 1. The van der Waals surface area contributed by atoms with Gasteiger partial charge < -0.3 is 9.84 Å². The van der Waals surface area contributed by atoms with Crippen LogP contribution in [0.2, 0.25) is 0 Å². The number of rotatable bonds is 4. The van der Waals surface area contributed by atoms with Crippen molar-refractivity contribution < 1.29 is 14.6 Å². The monoisotopic (exact) mass is 466 g/mol. The lowest BCUT2D eigenvalue weighted by atomic mass is 9.88. The molecule has 3 heterocycles. The second-order valence-corrected chi connectivity index (χ2v) is 11.3. The van der Waals surface area contributed by atoms with E-state index in [2.05, 4.69) is 23.2 Å². The summed E-state index contributed by atoms with van der Waals surface area (Å²) in [4.78, 5) is 24.3. The first-order chi connectivity index (χ1) is 15.2. The summed E-state index contributed by atoms with van der Waals surface area (Å²) in [6.45, 7) is 7.56. The average Bonchev–Trinajstić information content (AvgIpc) is 3.33. The van der Waals surface area contributed by atoms with Crippen molar-refractivity contribution in [3.8, 4) is 11.1 Å². The molecule has 0 spiro atoms. The highest BCUT2D eigenvalue weighted by Crippen LogP contribution is 2.46. The van der Waals surface area contributed by atoms with E-state index in [1.165, 1.54) is 16.9 Å².